The molecule has 2 unspecified atom stereocenters. The topological polar surface area (TPSA) is 90.6 Å². The SMILES string of the molecule is CC(=O)O.CC(C)(C)SCC(C1CC1)N1C(=O)COCC1c1ccc(Cl)cc1.N#Cc1ccccc1Cl. The number of hydrogen-bond acceptors (Lipinski definition) is 5. The van der Waals surface area contributed by atoms with Crippen molar-refractivity contribution in [2.24, 2.45) is 5.92 Å². The summed E-state index contributed by atoms with van der Waals surface area (Å²) in [7, 11) is 0. The van der Waals surface area contributed by atoms with Crippen molar-refractivity contribution in [1.29, 1.82) is 5.26 Å². The lowest BCUT2D eigenvalue weighted by molar-refractivity contribution is -0.152. The van der Waals surface area contributed by atoms with E-state index in [4.69, 9.17) is 43.1 Å². The average molecular weight is 566 g/mol. The van der Waals surface area contributed by atoms with Crippen molar-refractivity contribution < 1.29 is 19.4 Å². The van der Waals surface area contributed by atoms with Gasteiger partial charge in [-0.2, -0.15) is 17.0 Å². The fourth-order valence-corrected chi connectivity index (χ4v) is 5.16. The molecule has 2 aliphatic rings. The smallest absolute Gasteiger partial charge is 0.300 e. The monoisotopic (exact) mass is 564 g/mol. The van der Waals surface area contributed by atoms with Crippen molar-refractivity contribution in [3.63, 3.8) is 0 Å². The molecule has 0 radical (unpaired) electrons. The number of hydrogen-bond donors (Lipinski definition) is 1. The van der Waals surface area contributed by atoms with Crippen LogP contribution in [-0.4, -0.2) is 51.6 Å². The molecule has 2 aromatic carbocycles. The molecular weight excluding hydrogens is 531 g/mol. The van der Waals surface area contributed by atoms with Crippen molar-refractivity contribution in [3.8, 4) is 6.07 Å². The highest BCUT2D eigenvalue weighted by Crippen LogP contribution is 2.42. The molecule has 9 heteroatoms. The maximum Gasteiger partial charge on any atom is 0.300 e. The first-order valence-corrected chi connectivity index (χ1v) is 13.8. The molecule has 1 aliphatic heterocycles. The van der Waals surface area contributed by atoms with E-state index in [1.165, 1.54) is 12.8 Å². The highest BCUT2D eigenvalue weighted by atomic mass is 35.5. The van der Waals surface area contributed by atoms with Crippen molar-refractivity contribution >= 4 is 46.8 Å². The number of halogens is 2. The van der Waals surface area contributed by atoms with Crippen LogP contribution in [0.25, 0.3) is 0 Å². The Morgan fingerprint density at radius 2 is 1.78 bits per heavy atom. The number of ether oxygens (including phenoxy) is 1. The lowest BCUT2D eigenvalue weighted by Gasteiger charge is -2.42. The minimum absolute atomic E-state index is 0.00492. The van der Waals surface area contributed by atoms with Crippen LogP contribution in [0, 0.1) is 17.2 Å². The van der Waals surface area contributed by atoms with Crippen molar-refractivity contribution in [3.05, 3.63) is 69.7 Å². The van der Waals surface area contributed by atoms with E-state index in [-0.39, 0.29) is 23.3 Å². The molecule has 37 heavy (non-hydrogen) atoms. The molecule has 6 nitrogen and oxygen atoms in total. The van der Waals surface area contributed by atoms with Gasteiger partial charge in [0, 0.05) is 28.5 Å². The maximum absolute atomic E-state index is 12.7. The minimum atomic E-state index is -0.833. The van der Waals surface area contributed by atoms with Crippen LogP contribution >= 0.6 is 35.0 Å². The van der Waals surface area contributed by atoms with E-state index in [2.05, 4.69) is 25.7 Å². The standard InChI is InChI=1S/C19H26ClNO2S.C7H4ClN.C2H4O2/c1-19(2,3)24-12-17(14-4-5-14)21-16(10-23-11-18(21)22)13-6-8-15(20)9-7-13;8-7-4-2-1-3-6(7)5-9;1-2(3)4/h6-9,14,16-17H,4-5,10-12H2,1-3H3;1-4H;1H3,(H,3,4). The predicted octanol–water partition coefficient (Wildman–Crippen LogP) is 6.85. The number of rotatable bonds is 5. The molecule has 0 bridgehead atoms. The zero-order chi connectivity index (χ0) is 27.6. The number of aliphatic carboxylic acids is 1. The van der Waals surface area contributed by atoms with E-state index in [1.807, 2.05) is 42.1 Å². The number of nitrogens with zero attached hydrogens (tertiary/aromatic N) is 2. The largest absolute Gasteiger partial charge is 0.481 e. The summed E-state index contributed by atoms with van der Waals surface area (Å²) in [6.07, 6.45) is 2.46. The molecule has 0 aromatic heterocycles. The molecule has 1 N–H and O–H groups in total. The van der Waals surface area contributed by atoms with Gasteiger partial charge in [-0.3, -0.25) is 9.59 Å². The summed E-state index contributed by atoms with van der Waals surface area (Å²) in [4.78, 5) is 23.8. The van der Waals surface area contributed by atoms with E-state index >= 15 is 0 Å². The molecule has 1 amide bonds. The van der Waals surface area contributed by atoms with Gasteiger partial charge in [-0.05, 0) is 48.6 Å². The first-order valence-electron chi connectivity index (χ1n) is 12.1. The van der Waals surface area contributed by atoms with Crippen LogP contribution in [0.5, 0.6) is 0 Å². The number of nitriles is 1. The van der Waals surface area contributed by atoms with Gasteiger partial charge in [-0.25, -0.2) is 0 Å². The van der Waals surface area contributed by atoms with Crippen molar-refractivity contribution in [2.75, 3.05) is 19.0 Å². The van der Waals surface area contributed by atoms with Crippen LogP contribution in [0.3, 0.4) is 0 Å². The molecular formula is C28H34Cl2N2O4S. The molecule has 1 aliphatic carbocycles. The second-order valence-corrected chi connectivity index (χ2v) is 12.5. The van der Waals surface area contributed by atoms with Crippen LogP contribution in [0.15, 0.2) is 48.5 Å². The lowest BCUT2D eigenvalue weighted by Crippen LogP contribution is -2.51. The van der Waals surface area contributed by atoms with Crippen LogP contribution in [0.4, 0.5) is 0 Å². The summed E-state index contributed by atoms with van der Waals surface area (Å²) in [6, 6.07) is 17.0. The Balaban J connectivity index is 0.000000306. The Bertz CT molecular complexity index is 1070. The summed E-state index contributed by atoms with van der Waals surface area (Å²) < 4.78 is 5.78. The third-order valence-electron chi connectivity index (χ3n) is 5.58. The Kier molecular flexibility index (Phi) is 12.3. The van der Waals surface area contributed by atoms with Crippen LogP contribution in [0.2, 0.25) is 10.0 Å². The Morgan fingerprint density at radius 3 is 2.27 bits per heavy atom. The van der Waals surface area contributed by atoms with E-state index in [1.54, 1.807) is 24.3 Å². The molecule has 2 atom stereocenters. The number of carboxylic acid groups (broad SMARTS) is 1. The summed E-state index contributed by atoms with van der Waals surface area (Å²) in [6.45, 7) is 8.56. The Morgan fingerprint density at radius 1 is 1.19 bits per heavy atom. The second kappa shape index (κ2) is 14.6. The van der Waals surface area contributed by atoms with E-state index < -0.39 is 5.97 Å². The van der Waals surface area contributed by atoms with Gasteiger partial charge < -0.3 is 14.7 Å². The van der Waals surface area contributed by atoms with Gasteiger partial charge in [0.15, 0.2) is 0 Å². The lowest BCUT2D eigenvalue weighted by atomic mass is 10.0. The first kappa shape index (κ1) is 31.0. The third kappa shape index (κ3) is 11.0. The molecule has 2 fully saturated rings. The second-order valence-electron chi connectivity index (χ2n) is 9.82. The van der Waals surface area contributed by atoms with Crippen LogP contribution < -0.4 is 0 Å². The first-order chi connectivity index (χ1) is 17.4. The van der Waals surface area contributed by atoms with E-state index in [0.717, 1.165) is 23.3 Å². The fourth-order valence-electron chi connectivity index (χ4n) is 3.76. The number of carboxylic acids is 1. The number of morpholine rings is 1. The molecule has 4 rings (SSSR count). The maximum atomic E-state index is 12.7. The zero-order valence-corrected chi connectivity index (χ0v) is 23.9. The third-order valence-corrected chi connectivity index (χ3v) is 7.54. The number of thioether (sulfide) groups is 1. The Hall–Kier alpha value is -2.24. The van der Waals surface area contributed by atoms with Gasteiger partial charge in [0.05, 0.1) is 23.2 Å². The highest BCUT2D eigenvalue weighted by molar-refractivity contribution is 8.00. The summed E-state index contributed by atoms with van der Waals surface area (Å²) in [5, 5.41) is 17.0. The van der Waals surface area contributed by atoms with Gasteiger partial charge in [0.1, 0.15) is 12.7 Å². The summed E-state index contributed by atoms with van der Waals surface area (Å²) in [5.74, 6) is 0.911. The normalized spacial score (nSPS) is 17.9. The highest BCUT2D eigenvalue weighted by Gasteiger charge is 2.43. The number of carbonyl (C=O) groups excluding carboxylic acids is 1. The number of benzene rings is 2. The minimum Gasteiger partial charge on any atom is -0.481 e. The molecule has 0 spiro atoms. The predicted molar refractivity (Wildman–Crippen MR) is 150 cm³/mol. The molecule has 2 aromatic rings. The average Bonchev–Trinajstić information content (AvgIpc) is 3.66. The quantitative estimate of drug-likeness (QED) is 0.426. The molecule has 1 saturated carbocycles. The van der Waals surface area contributed by atoms with Gasteiger partial charge in [0.2, 0.25) is 5.91 Å². The van der Waals surface area contributed by atoms with Gasteiger partial charge in [-0.1, -0.05) is 68.2 Å². The van der Waals surface area contributed by atoms with Gasteiger partial charge >= 0.3 is 0 Å². The fraction of sp³-hybridized carbons (Fsp3) is 0.464. The van der Waals surface area contributed by atoms with Crippen LogP contribution in [-0.2, 0) is 14.3 Å². The van der Waals surface area contributed by atoms with E-state index in [9.17, 15) is 4.79 Å². The molecule has 200 valence electrons. The zero-order valence-electron chi connectivity index (χ0n) is 21.6. The summed E-state index contributed by atoms with van der Waals surface area (Å²) in [5.41, 5.74) is 1.64. The Labute approximate surface area is 233 Å². The van der Waals surface area contributed by atoms with Crippen LogP contribution in [0.1, 0.15) is 57.7 Å². The van der Waals surface area contributed by atoms with Crippen molar-refractivity contribution in [2.45, 2.75) is 57.4 Å². The van der Waals surface area contributed by atoms with Gasteiger partial charge in [-0.15, -0.1) is 0 Å². The van der Waals surface area contributed by atoms with Gasteiger partial charge in [0.25, 0.3) is 5.97 Å². The number of carbonyl (C=O) groups is 2. The summed E-state index contributed by atoms with van der Waals surface area (Å²) >= 11 is 13.6. The van der Waals surface area contributed by atoms with E-state index in [0.29, 0.717) is 29.2 Å². The molecule has 1 saturated heterocycles. The molecule has 1 heterocycles. The van der Waals surface area contributed by atoms with Crippen molar-refractivity contribution in [1.82, 2.24) is 4.90 Å². The number of amides is 1.